The maximum absolute atomic E-state index is 12.6. The highest BCUT2D eigenvalue weighted by molar-refractivity contribution is 7.94. The second-order valence-corrected chi connectivity index (χ2v) is 7.21. The maximum atomic E-state index is 12.6. The van der Waals surface area contributed by atoms with Crippen LogP contribution in [0, 0.1) is 0 Å². The number of benzene rings is 1. The van der Waals surface area contributed by atoms with E-state index in [1.54, 1.807) is 36.5 Å². The predicted molar refractivity (Wildman–Crippen MR) is 87.6 cm³/mol. The number of hydrogen-bond acceptors (Lipinski definition) is 4. The normalized spacial score (nSPS) is 14.5. The fraction of sp³-hybridized carbons (Fsp3) is 0.176. The van der Waals surface area contributed by atoms with Gasteiger partial charge in [0.15, 0.2) is 9.84 Å². The summed E-state index contributed by atoms with van der Waals surface area (Å²) in [6, 6.07) is 8.60. The standard InChI is InChI=1S/C17H16N2O3S/c1-19(10-7-13-4-3-9-18-12-13)17(20)15-5-2-6-16-14(15)8-11-23(16,21)22/h2-6,8-9,11-12H,7,10H2,1H3. The molecule has 5 nitrogen and oxygen atoms in total. The molecule has 1 amide bonds. The van der Waals surface area contributed by atoms with Gasteiger partial charge in [0.1, 0.15) is 0 Å². The van der Waals surface area contributed by atoms with Crippen LogP contribution in [0.5, 0.6) is 0 Å². The van der Waals surface area contributed by atoms with Crippen molar-refractivity contribution in [3.05, 3.63) is 64.8 Å². The third kappa shape index (κ3) is 3.03. The summed E-state index contributed by atoms with van der Waals surface area (Å²) in [4.78, 5) is 18.5. The van der Waals surface area contributed by atoms with Crippen LogP contribution in [0.3, 0.4) is 0 Å². The van der Waals surface area contributed by atoms with E-state index in [0.29, 0.717) is 24.1 Å². The van der Waals surface area contributed by atoms with Crippen LogP contribution in [0.1, 0.15) is 21.5 Å². The molecule has 23 heavy (non-hydrogen) atoms. The van der Waals surface area contributed by atoms with Crippen molar-refractivity contribution in [3.8, 4) is 0 Å². The van der Waals surface area contributed by atoms with Gasteiger partial charge in [-0.2, -0.15) is 0 Å². The number of sulfone groups is 1. The van der Waals surface area contributed by atoms with E-state index in [4.69, 9.17) is 0 Å². The summed E-state index contributed by atoms with van der Waals surface area (Å²) < 4.78 is 23.8. The highest BCUT2D eigenvalue weighted by atomic mass is 32.2. The number of fused-ring (bicyclic) bond motifs is 1. The van der Waals surface area contributed by atoms with Crippen molar-refractivity contribution >= 4 is 21.8 Å². The zero-order valence-corrected chi connectivity index (χ0v) is 13.5. The Bertz CT molecular complexity index is 874. The Morgan fingerprint density at radius 2 is 2.04 bits per heavy atom. The second-order valence-electron chi connectivity index (χ2n) is 5.40. The SMILES string of the molecule is CN(CCc1cccnc1)C(=O)c1cccc2c1C=CS2(=O)=O. The van der Waals surface area contributed by atoms with Crippen molar-refractivity contribution in [2.24, 2.45) is 0 Å². The van der Waals surface area contributed by atoms with E-state index >= 15 is 0 Å². The van der Waals surface area contributed by atoms with Crippen molar-refractivity contribution in [2.45, 2.75) is 11.3 Å². The Kier molecular flexibility index (Phi) is 4.00. The molecule has 1 aliphatic rings. The van der Waals surface area contributed by atoms with E-state index < -0.39 is 9.84 Å². The molecule has 0 fully saturated rings. The van der Waals surface area contributed by atoms with Gasteiger partial charge in [-0.3, -0.25) is 9.78 Å². The number of nitrogens with zero attached hydrogens (tertiary/aromatic N) is 2. The number of carbonyl (C=O) groups excluding carboxylic acids is 1. The molecular weight excluding hydrogens is 312 g/mol. The summed E-state index contributed by atoms with van der Waals surface area (Å²) >= 11 is 0. The van der Waals surface area contributed by atoms with E-state index in [0.717, 1.165) is 11.0 Å². The van der Waals surface area contributed by atoms with Crippen LogP contribution < -0.4 is 0 Å². The Morgan fingerprint density at radius 3 is 2.78 bits per heavy atom. The minimum atomic E-state index is -3.40. The van der Waals surface area contributed by atoms with Gasteiger partial charge in [-0.25, -0.2) is 8.42 Å². The van der Waals surface area contributed by atoms with Gasteiger partial charge in [0.25, 0.3) is 5.91 Å². The van der Waals surface area contributed by atoms with Gasteiger partial charge in [-0.15, -0.1) is 0 Å². The Hall–Kier alpha value is -2.47. The van der Waals surface area contributed by atoms with Crippen LogP contribution >= 0.6 is 0 Å². The number of rotatable bonds is 4. The van der Waals surface area contributed by atoms with Gasteiger partial charge >= 0.3 is 0 Å². The van der Waals surface area contributed by atoms with Gasteiger partial charge in [0, 0.05) is 42.5 Å². The van der Waals surface area contributed by atoms with E-state index in [9.17, 15) is 13.2 Å². The highest BCUT2D eigenvalue weighted by Gasteiger charge is 2.26. The van der Waals surface area contributed by atoms with Crippen molar-refractivity contribution in [1.82, 2.24) is 9.88 Å². The maximum Gasteiger partial charge on any atom is 0.254 e. The lowest BCUT2D eigenvalue weighted by atomic mass is 10.1. The molecule has 0 saturated carbocycles. The molecule has 0 bridgehead atoms. The first-order valence-corrected chi connectivity index (χ1v) is 8.74. The number of hydrogen-bond donors (Lipinski definition) is 0. The number of carbonyl (C=O) groups is 1. The monoisotopic (exact) mass is 328 g/mol. The molecule has 3 rings (SSSR count). The number of aromatic nitrogens is 1. The Labute approximate surface area is 135 Å². The molecule has 1 aromatic heterocycles. The van der Waals surface area contributed by atoms with Gasteiger partial charge in [-0.05, 0) is 36.3 Å². The molecule has 2 heterocycles. The van der Waals surface area contributed by atoms with Gasteiger partial charge in [-0.1, -0.05) is 12.1 Å². The Morgan fingerprint density at radius 1 is 1.22 bits per heavy atom. The summed E-state index contributed by atoms with van der Waals surface area (Å²) in [5, 5.41) is 1.14. The molecule has 0 spiro atoms. The average molecular weight is 328 g/mol. The molecular formula is C17H16N2O3S. The topological polar surface area (TPSA) is 67.3 Å². The first-order valence-electron chi connectivity index (χ1n) is 7.19. The molecule has 2 aromatic rings. The Balaban J connectivity index is 1.79. The van der Waals surface area contributed by atoms with Crippen molar-refractivity contribution in [1.29, 1.82) is 0 Å². The smallest absolute Gasteiger partial charge is 0.254 e. The quantitative estimate of drug-likeness (QED) is 0.862. The van der Waals surface area contributed by atoms with Crippen molar-refractivity contribution < 1.29 is 13.2 Å². The summed E-state index contributed by atoms with van der Waals surface area (Å²) in [6.45, 7) is 0.532. The first-order chi connectivity index (χ1) is 11.0. The van der Waals surface area contributed by atoms with E-state index in [-0.39, 0.29) is 10.8 Å². The molecule has 0 unspecified atom stereocenters. The van der Waals surface area contributed by atoms with Crippen LogP contribution in [-0.2, 0) is 16.3 Å². The molecule has 0 aliphatic carbocycles. The molecule has 118 valence electrons. The highest BCUT2D eigenvalue weighted by Crippen LogP contribution is 2.29. The van der Waals surface area contributed by atoms with E-state index in [1.807, 2.05) is 12.1 Å². The molecule has 1 aliphatic heterocycles. The van der Waals surface area contributed by atoms with Crippen LogP contribution in [-0.4, -0.2) is 37.8 Å². The first kappa shape index (κ1) is 15.4. The van der Waals surface area contributed by atoms with E-state index in [2.05, 4.69) is 4.98 Å². The summed E-state index contributed by atoms with van der Waals surface area (Å²) in [5.74, 6) is -0.188. The molecule has 0 atom stereocenters. The third-order valence-electron chi connectivity index (χ3n) is 3.82. The fourth-order valence-corrected chi connectivity index (χ4v) is 3.75. The average Bonchev–Trinajstić information content (AvgIpc) is 2.88. The summed E-state index contributed by atoms with van der Waals surface area (Å²) in [6.07, 6.45) is 5.67. The van der Waals surface area contributed by atoms with Gasteiger partial charge in [0.2, 0.25) is 0 Å². The summed E-state index contributed by atoms with van der Waals surface area (Å²) in [7, 11) is -1.69. The van der Waals surface area contributed by atoms with Crippen molar-refractivity contribution in [3.63, 3.8) is 0 Å². The number of amides is 1. The molecule has 1 aromatic carbocycles. The van der Waals surface area contributed by atoms with Gasteiger partial charge < -0.3 is 4.90 Å². The molecule has 6 heteroatoms. The zero-order valence-electron chi connectivity index (χ0n) is 12.6. The summed E-state index contributed by atoms with van der Waals surface area (Å²) in [5.41, 5.74) is 1.94. The largest absolute Gasteiger partial charge is 0.341 e. The lowest BCUT2D eigenvalue weighted by Crippen LogP contribution is -2.29. The number of likely N-dealkylation sites (N-methyl/N-ethyl adjacent to an activating group) is 1. The lowest BCUT2D eigenvalue weighted by Gasteiger charge is -2.18. The second kappa shape index (κ2) is 5.96. The molecule has 0 radical (unpaired) electrons. The van der Waals surface area contributed by atoms with Crippen LogP contribution in [0.15, 0.2) is 53.0 Å². The fourth-order valence-electron chi connectivity index (χ4n) is 2.53. The minimum absolute atomic E-state index is 0.188. The van der Waals surface area contributed by atoms with Crippen LogP contribution in [0.25, 0.3) is 6.08 Å². The molecule has 0 N–H and O–H groups in total. The van der Waals surface area contributed by atoms with Crippen molar-refractivity contribution in [2.75, 3.05) is 13.6 Å². The predicted octanol–water partition coefficient (Wildman–Crippen LogP) is 2.15. The molecule has 0 saturated heterocycles. The van der Waals surface area contributed by atoms with Gasteiger partial charge in [0.05, 0.1) is 4.90 Å². The van der Waals surface area contributed by atoms with E-state index in [1.165, 1.54) is 12.1 Å². The third-order valence-corrected chi connectivity index (χ3v) is 5.29. The zero-order chi connectivity index (χ0) is 16.4. The van der Waals surface area contributed by atoms with Crippen LogP contribution in [0.2, 0.25) is 0 Å². The van der Waals surface area contributed by atoms with Crippen LogP contribution in [0.4, 0.5) is 0 Å². The minimum Gasteiger partial charge on any atom is -0.341 e. The lowest BCUT2D eigenvalue weighted by molar-refractivity contribution is 0.0796. The number of pyridine rings is 1.